The third kappa shape index (κ3) is 5.93. The van der Waals surface area contributed by atoms with E-state index in [0.29, 0.717) is 17.7 Å². The SMILES string of the molecule is CCCN(CC(O)c1cc(C)ccc1OC)CC(F)(F)F. The van der Waals surface area contributed by atoms with Gasteiger partial charge in [-0.15, -0.1) is 0 Å². The molecule has 0 aromatic heterocycles. The van der Waals surface area contributed by atoms with E-state index in [9.17, 15) is 18.3 Å². The molecule has 0 radical (unpaired) electrons. The van der Waals surface area contributed by atoms with E-state index in [0.717, 1.165) is 5.56 Å². The molecule has 1 aromatic rings. The molecular formula is C15H22F3NO2. The van der Waals surface area contributed by atoms with E-state index in [-0.39, 0.29) is 13.1 Å². The van der Waals surface area contributed by atoms with Crippen LogP contribution in [-0.4, -0.2) is 42.9 Å². The molecule has 1 rings (SSSR count). The van der Waals surface area contributed by atoms with Crippen molar-refractivity contribution in [1.82, 2.24) is 4.90 Å². The summed E-state index contributed by atoms with van der Waals surface area (Å²) in [6.45, 7) is 2.85. The highest BCUT2D eigenvalue weighted by molar-refractivity contribution is 5.38. The third-order valence-corrected chi connectivity index (χ3v) is 3.12. The molecule has 3 nitrogen and oxygen atoms in total. The van der Waals surface area contributed by atoms with Crippen LogP contribution in [0, 0.1) is 6.92 Å². The molecule has 0 aliphatic heterocycles. The Bertz CT molecular complexity index is 449. The van der Waals surface area contributed by atoms with Gasteiger partial charge in [0, 0.05) is 12.1 Å². The van der Waals surface area contributed by atoms with Crippen LogP contribution in [0.3, 0.4) is 0 Å². The van der Waals surface area contributed by atoms with Gasteiger partial charge >= 0.3 is 6.18 Å². The van der Waals surface area contributed by atoms with E-state index in [4.69, 9.17) is 4.74 Å². The van der Waals surface area contributed by atoms with Crippen molar-refractivity contribution < 1.29 is 23.0 Å². The maximum absolute atomic E-state index is 12.5. The van der Waals surface area contributed by atoms with Gasteiger partial charge in [-0.1, -0.05) is 18.6 Å². The maximum Gasteiger partial charge on any atom is 0.401 e. The minimum absolute atomic E-state index is 0.0762. The molecule has 120 valence electrons. The van der Waals surface area contributed by atoms with Crippen LogP contribution in [-0.2, 0) is 0 Å². The summed E-state index contributed by atoms with van der Waals surface area (Å²) in [5.74, 6) is 0.483. The predicted octanol–water partition coefficient (Wildman–Crippen LogP) is 3.31. The lowest BCUT2D eigenvalue weighted by atomic mass is 10.0. The van der Waals surface area contributed by atoms with Crippen LogP contribution in [0.25, 0.3) is 0 Å². The summed E-state index contributed by atoms with van der Waals surface area (Å²) in [6, 6.07) is 5.28. The van der Waals surface area contributed by atoms with Gasteiger partial charge in [-0.2, -0.15) is 13.2 Å². The first-order chi connectivity index (χ1) is 9.76. The van der Waals surface area contributed by atoms with E-state index in [1.165, 1.54) is 12.0 Å². The lowest BCUT2D eigenvalue weighted by Crippen LogP contribution is -2.37. The van der Waals surface area contributed by atoms with Gasteiger partial charge in [0.1, 0.15) is 5.75 Å². The average molecular weight is 305 g/mol. The Balaban J connectivity index is 2.86. The standard InChI is InChI=1S/C15H22F3NO2/c1-4-7-19(10-15(16,17)18)9-13(20)12-8-11(2)5-6-14(12)21-3/h5-6,8,13,20H,4,7,9-10H2,1-3H3. The van der Waals surface area contributed by atoms with E-state index in [2.05, 4.69) is 0 Å². The second-order valence-corrected chi connectivity index (χ2v) is 5.11. The van der Waals surface area contributed by atoms with Crippen LogP contribution in [0.15, 0.2) is 18.2 Å². The molecule has 1 unspecified atom stereocenters. The minimum atomic E-state index is -4.27. The number of halogens is 3. The second kappa shape index (κ2) is 7.66. The Hall–Kier alpha value is -1.27. The monoisotopic (exact) mass is 305 g/mol. The van der Waals surface area contributed by atoms with Crippen molar-refractivity contribution >= 4 is 0 Å². The fraction of sp³-hybridized carbons (Fsp3) is 0.600. The number of hydrogen-bond acceptors (Lipinski definition) is 3. The smallest absolute Gasteiger partial charge is 0.401 e. The Morgan fingerprint density at radius 1 is 1.33 bits per heavy atom. The summed E-state index contributed by atoms with van der Waals surface area (Å²) < 4.78 is 42.8. The largest absolute Gasteiger partial charge is 0.496 e. The highest BCUT2D eigenvalue weighted by Gasteiger charge is 2.31. The molecule has 0 amide bonds. The van der Waals surface area contributed by atoms with Crippen LogP contribution in [0.2, 0.25) is 0 Å². The van der Waals surface area contributed by atoms with Crippen molar-refractivity contribution in [3.8, 4) is 5.75 Å². The van der Waals surface area contributed by atoms with Crippen molar-refractivity contribution in [3.63, 3.8) is 0 Å². The Kier molecular flexibility index (Phi) is 6.48. The van der Waals surface area contributed by atoms with Gasteiger partial charge in [-0.05, 0) is 32.0 Å². The minimum Gasteiger partial charge on any atom is -0.496 e. The summed E-state index contributed by atoms with van der Waals surface area (Å²) in [5.41, 5.74) is 1.43. The van der Waals surface area contributed by atoms with Gasteiger partial charge in [0.2, 0.25) is 0 Å². The number of rotatable bonds is 7. The van der Waals surface area contributed by atoms with Crippen molar-refractivity contribution in [3.05, 3.63) is 29.3 Å². The summed E-state index contributed by atoms with van der Waals surface area (Å²) >= 11 is 0. The first-order valence-corrected chi connectivity index (χ1v) is 6.88. The van der Waals surface area contributed by atoms with Gasteiger partial charge in [0.25, 0.3) is 0 Å². The molecule has 1 atom stereocenters. The molecule has 0 aliphatic rings. The normalized spacial score (nSPS) is 13.5. The third-order valence-electron chi connectivity index (χ3n) is 3.12. The van der Waals surface area contributed by atoms with E-state index < -0.39 is 18.8 Å². The number of hydrogen-bond donors (Lipinski definition) is 1. The first-order valence-electron chi connectivity index (χ1n) is 6.88. The van der Waals surface area contributed by atoms with Crippen molar-refractivity contribution in [2.75, 3.05) is 26.7 Å². The van der Waals surface area contributed by atoms with E-state index in [1.807, 2.05) is 19.9 Å². The maximum atomic E-state index is 12.5. The lowest BCUT2D eigenvalue weighted by molar-refractivity contribution is -0.148. The van der Waals surface area contributed by atoms with Crippen LogP contribution in [0.1, 0.15) is 30.6 Å². The predicted molar refractivity (Wildman–Crippen MR) is 75.5 cm³/mol. The van der Waals surface area contributed by atoms with Crippen molar-refractivity contribution in [1.29, 1.82) is 0 Å². The summed E-state index contributed by atoms with van der Waals surface area (Å²) in [7, 11) is 1.47. The van der Waals surface area contributed by atoms with Crippen LogP contribution in [0.4, 0.5) is 13.2 Å². The fourth-order valence-electron chi connectivity index (χ4n) is 2.26. The molecule has 1 N–H and O–H groups in total. The zero-order valence-corrected chi connectivity index (χ0v) is 12.6. The average Bonchev–Trinajstić information content (AvgIpc) is 2.37. The van der Waals surface area contributed by atoms with Crippen LogP contribution < -0.4 is 4.74 Å². The van der Waals surface area contributed by atoms with Gasteiger partial charge in [-0.3, -0.25) is 4.90 Å². The molecule has 0 spiro atoms. The molecule has 0 aliphatic carbocycles. The van der Waals surface area contributed by atoms with Crippen LogP contribution >= 0.6 is 0 Å². The Labute approximate surface area is 123 Å². The quantitative estimate of drug-likeness (QED) is 0.839. The number of alkyl halides is 3. The molecule has 0 saturated carbocycles. The number of aryl methyl sites for hydroxylation is 1. The zero-order chi connectivity index (χ0) is 16.0. The molecule has 0 fully saturated rings. The number of aliphatic hydroxyl groups excluding tert-OH is 1. The summed E-state index contributed by atoms with van der Waals surface area (Å²) in [5, 5.41) is 10.3. The highest BCUT2D eigenvalue weighted by Crippen LogP contribution is 2.27. The lowest BCUT2D eigenvalue weighted by Gasteiger charge is -2.26. The number of aliphatic hydroxyl groups is 1. The van der Waals surface area contributed by atoms with Crippen molar-refractivity contribution in [2.24, 2.45) is 0 Å². The van der Waals surface area contributed by atoms with Gasteiger partial charge in [-0.25, -0.2) is 0 Å². The Morgan fingerprint density at radius 2 is 2.00 bits per heavy atom. The molecule has 21 heavy (non-hydrogen) atoms. The molecule has 6 heteroatoms. The molecular weight excluding hydrogens is 283 g/mol. The van der Waals surface area contributed by atoms with Crippen LogP contribution in [0.5, 0.6) is 5.75 Å². The van der Waals surface area contributed by atoms with Crippen molar-refractivity contribution in [2.45, 2.75) is 32.5 Å². The summed E-state index contributed by atoms with van der Waals surface area (Å²) in [4.78, 5) is 1.21. The number of nitrogens with zero attached hydrogens (tertiary/aromatic N) is 1. The first kappa shape index (κ1) is 17.8. The highest BCUT2D eigenvalue weighted by atomic mass is 19.4. The topological polar surface area (TPSA) is 32.7 Å². The molecule has 0 saturated heterocycles. The summed E-state index contributed by atoms with van der Waals surface area (Å²) in [6.07, 6.45) is -4.70. The molecule has 0 bridgehead atoms. The number of ether oxygens (including phenoxy) is 1. The van der Waals surface area contributed by atoms with Gasteiger partial charge < -0.3 is 9.84 Å². The number of methoxy groups -OCH3 is 1. The van der Waals surface area contributed by atoms with Gasteiger partial charge in [0.05, 0.1) is 19.8 Å². The zero-order valence-electron chi connectivity index (χ0n) is 12.6. The second-order valence-electron chi connectivity index (χ2n) is 5.11. The molecule has 1 aromatic carbocycles. The molecule has 0 heterocycles. The number of benzene rings is 1. The fourth-order valence-corrected chi connectivity index (χ4v) is 2.26. The van der Waals surface area contributed by atoms with Gasteiger partial charge in [0.15, 0.2) is 0 Å². The Morgan fingerprint density at radius 3 is 2.52 bits per heavy atom. The van der Waals surface area contributed by atoms with E-state index >= 15 is 0 Å². The van der Waals surface area contributed by atoms with E-state index in [1.54, 1.807) is 12.1 Å².